The second kappa shape index (κ2) is 6.89. The fourth-order valence-electron chi connectivity index (χ4n) is 3.47. The number of hydrogen-bond acceptors (Lipinski definition) is 4. The number of amides is 1. The van der Waals surface area contributed by atoms with Gasteiger partial charge in [-0.3, -0.25) is 4.90 Å². The first-order valence-corrected chi connectivity index (χ1v) is 8.34. The van der Waals surface area contributed by atoms with Crippen LogP contribution in [0.3, 0.4) is 0 Å². The Morgan fingerprint density at radius 2 is 1.91 bits per heavy atom. The molecule has 134 valence electrons. The Bertz CT molecular complexity index is 418. The molecule has 2 saturated heterocycles. The van der Waals surface area contributed by atoms with Crippen LogP contribution >= 0.6 is 0 Å². The quantitative estimate of drug-likeness (QED) is 0.861. The first-order chi connectivity index (χ1) is 10.6. The second-order valence-electron chi connectivity index (χ2n) is 7.60. The predicted molar refractivity (Wildman–Crippen MR) is 82.6 cm³/mol. The lowest BCUT2D eigenvalue weighted by molar-refractivity contribution is -0.00332. The average molecular weight is 334 g/mol. The molecule has 2 heterocycles. The van der Waals surface area contributed by atoms with Gasteiger partial charge in [-0.25, -0.2) is 13.6 Å². The average Bonchev–Trinajstić information content (AvgIpc) is 2.72. The largest absolute Gasteiger partial charge is 0.444 e. The maximum absolute atomic E-state index is 13.7. The summed E-state index contributed by atoms with van der Waals surface area (Å²) in [5, 5.41) is 9.10. The van der Waals surface area contributed by atoms with Crippen molar-refractivity contribution in [3.63, 3.8) is 0 Å². The van der Waals surface area contributed by atoms with E-state index in [4.69, 9.17) is 9.84 Å². The zero-order chi connectivity index (χ0) is 17.3. The second-order valence-corrected chi connectivity index (χ2v) is 7.60. The van der Waals surface area contributed by atoms with Crippen molar-refractivity contribution in [3.05, 3.63) is 0 Å². The molecule has 0 aliphatic carbocycles. The van der Waals surface area contributed by atoms with E-state index in [1.165, 1.54) is 0 Å². The van der Waals surface area contributed by atoms with Crippen LogP contribution in [-0.4, -0.2) is 70.8 Å². The molecule has 0 unspecified atom stereocenters. The summed E-state index contributed by atoms with van der Waals surface area (Å²) in [5.41, 5.74) is -0.531. The van der Waals surface area contributed by atoms with Gasteiger partial charge in [0.25, 0.3) is 5.92 Å². The lowest BCUT2D eigenvalue weighted by Crippen LogP contribution is -2.49. The van der Waals surface area contributed by atoms with E-state index in [-0.39, 0.29) is 37.7 Å². The third-order valence-corrected chi connectivity index (χ3v) is 4.46. The van der Waals surface area contributed by atoms with Crippen LogP contribution in [-0.2, 0) is 4.74 Å². The van der Waals surface area contributed by atoms with Gasteiger partial charge in [-0.2, -0.15) is 0 Å². The molecule has 2 aliphatic rings. The number of carbonyl (C=O) groups is 1. The number of ether oxygens (including phenoxy) is 1. The topological polar surface area (TPSA) is 53.0 Å². The van der Waals surface area contributed by atoms with Gasteiger partial charge in [-0.1, -0.05) is 0 Å². The maximum Gasteiger partial charge on any atom is 0.410 e. The Morgan fingerprint density at radius 3 is 2.43 bits per heavy atom. The summed E-state index contributed by atoms with van der Waals surface area (Å²) in [5.74, 6) is -2.68. The van der Waals surface area contributed by atoms with Gasteiger partial charge in [0, 0.05) is 38.2 Å². The zero-order valence-corrected chi connectivity index (χ0v) is 14.2. The number of carbonyl (C=O) groups excluding carboxylic acids is 1. The Kier molecular flexibility index (Phi) is 5.51. The highest BCUT2D eigenvalue weighted by molar-refractivity contribution is 5.68. The van der Waals surface area contributed by atoms with Crippen molar-refractivity contribution in [1.29, 1.82) is 0 Å². The molecule has 0 aromatic rings. The van der Waals surface area contributed by atoms with Crippen LogP contribution in [0.5, 0.6) is 0 Å². The van der Waals surface area contributed by atoms with E-state index in [0.29, 0.717) is 32.4 Å². The number of aliphatic hydroxyl groups excluding tert-OH is 1. The van der Waals surface area contributed by atoms with Crippen LogP contribution in [0, 0.1) is 0 Å². The van der Waals surface area contributed by atoms with Gasteiger partial charge < -0.3 is 14.7 Å². The summed E-state index contributed by atoms with van der Waals surface area (Å²) in [4.78, 5) is 15.5. The van der Waals surface area contributed by atoms with E-state index in [2.05, 4.69) is 0 Å². The molecule has 5 nitrogen and oxygen atoms in total. The molecule has 0 bridgehead atoms. The van der Waals surface area contributed by atoms with Crippen LogP contribution in [0.4, 0.5) is 13.6 Å². The summed E-state index contributed by atoms with van der Waals surface area (Å²) in [6.07, 6.45) is 1.19. The third kappa shape index (κ3) is 5.01. The molecule has 1 N–H and O–H groups in total. The van der Waals surface area contributed by atoms with Crippen LogP contribution in [0.15, 0.2) is 0 Å². The summed E-state index contributed by atoms with van der Waals surface area (Å²) in [6.45, 7) is 6.19. The molecular weight excluding hydrogens is 306 g/mol. The molecule has 2 fully saturated rings. The smallest absolute Gasteiger partial charge is 0.410 e. The van der Waals surface area contributed by atoms with Crippen molar-refractivity contribution in [1.82, 2.24) is 9.80 Å². The Hall–Kier alpha value is -0.950. The van der Waals surface area contributed by atoms with E-state index in [9.17, 15) is 13.6 Å². The van der Waals surface area contributed by atoms with E-state index < -0.39 is 11.5 Å². The standard InChI is InChI=1S/C16H28F2N2O3/c1-15(2,3)23-14(22)19-7-4-12(5-8-19)20-11-16(17,18)10-13(20)6-9-21/h12-13,21H,4-11H2,1-3H3/t13-/m0/s1. The first-order valence-electron chi connectivity index (χ1n) is 8.34. The van der Waals surface area contributed by atoms with Gasteiger partial charge in [0.2, 0.25) is 0 Å². The molecule has 2 aliphatic heterocycles. The number of alkyl halides is 2. The van der Waals surface area contributed by atoms with Gasteiger partial charge in [-0.15, -0.1) is 0 Å². The maximum atomic E-state index is 13.7. The zero-order valence-electron chi connectivity index (χ0n) is 14.2. The van der Waals surface area contributed by atoms with Crippen LogP contribution in [0.2, 0.25) is 0 Å². The van der Waals surface area contributed by atoms with Crippen molar-refractivity contribution < 1.29 is 23.4 Å². The molecule has 0 aromatic heterocycles. The predicted octanol–water partition coefficient (Wildman–Crippen LogP) is 2.48. The van der Waals surface area contributed by atoms with Crippen molar-refractivity contribution in [2.24, 2.45) is 0 Å². The number of aliphatic hydroxyl groups is 1. The Labute approximate surface area is 136 Å². The van der Waals surface area contributed by atoms with Gasteiger partial charge in [0.05, 0.1) is 6.54 Å². The molecule has 0 saturated carbocycles. The third-order valence-electron chi connectivity index (χ3n) is 4.46. The van der Waals surface area contributed by atoms with Gasteiger partial charge >= 0.3 is 6.09 Å². The molecular formula is C16H28F2N2O3. The number of halogens is 2. The number of likely N-dealkylation sites (tertiary alicyclic amines) is 2. The Morgan fingerprint density at radius 1 is 1.30 bits per heavy atom. The molecule has 2 rings (SSSR count). The summed E-state index contributed by atoms with van der Waals surface area (Å²) < 4.78 is 32.8. The molecule has 7 heteroatoms. The van der Waals surface area contributed by atoms with Crippen molar-refractivity contribution in [2.75, 3.05) is 26.2 Å². The fraction of sp³-hybridized carbons (Fsp3) is 0.938. The summed E-state index contributed by atoms with van der Waals surface area (Å²) in [7, 11) is 0. The number of rotatable bonds is 3. The number of nitrogens with zero attached hydrogens (tertiary/aromatic N) is 2. The van der Waals surface area contributed by atoms with Crippen LogP contribution in [0.25, 0.3) is 0 Å². The van der Waals surface area contributed by atoms with E-state index >= 15 is 0 Å². The van der Waals surface area contributed by atoms with E-state index in [1.807, 2.05) is 25.7 Å². The minimum atomic E-state index is -2.68. The fourth-order valence-corrected chi connectivity index (χ4v) is 3.47. The molecule has 1 amide bonds. The highest BCUT2D eigenvalue weighted by Gasteiger charge is 2.47. The normalized spacial score (nSPS) is 26.5. The van der Waals surface area contributed by atoms with Crippen molar-refractivity contribution in [3.8, 4) is 0 Å². The van der Waals surface area contributed by atoms with Crippen molar-refractivity contribution in [2.45, 2.75) is 70.1 Å². The van der Waals surface area contributed by atoms with E-state index in [0.717, 1.165) is 0 Å². The monoisotopic (exact) mass is 334 g/mol. The minimum absolute atomic E-state index is 0.0404. The molecule has 0 aromatic carbocycles. The van der Waals surface area contributed by atoms with Gasteiger partial charge in [0.1, 0.15) is 5.60 Å². The highest BCUT2D eigenvalue weighted by atomic mass is 19.3. The summed E-state index contributed by atoms with van der Waals surface area (Å²) in [6, 6.07) is -0.230. The minimum Gasteiger partial charge on any atom is -0.444 e. The van der Waals surface area contributed by atoms with Gasteiger partial charge in [-0.05, 0) is 40.0 Å². The molecule has 0 spiro atoms. The molecule has 1 atom stereocenters. The lowest BCUT2D eigenvalue weighted by Gasteiger charge is -2.39. The van der Waals surface area contributed by atoms with Crippen LogP contribution < -0.4 is 0 Å². The SMILES string of the molecule is CC(C)(C)OC(=O)N1CCC(N2CC(F)(F)C[C@@H]2CCO)CC1. The molecule has 23 heavy (non-hydrogen) atoms. The van der Waals surface area contributed by atoms with Gasteiger partial charge in [0.15, 0.2) is 0 Å². The lowest BCUT2D eigenvalue weighted by atomic mass is 10.0. The number of piperidine rings is 1. The number of hydrogen-bond donors (Lipinski definition) is 1. The molecule has 0 radical (unpaired) electrons. The first kappa shape index (κ1) is 18.4. The van der Waals surface area contributed by atoms with E-state index in [1.54, 1.807) is 4.90 Å². The van der Waals surface area contributed by atoms with Crippen LogP contribution in [0.1, 0.15) is 46.5 Å². The Balaban J connectivity index is 1.89. The summed E-state index contributed by atoms with van der Waals surface area (Å²) >= 11 is 0. The van der Waals surface area contributed by atoms with Crippen molar-refractivity contribution >= 4 is 6.09 Å². The highest BCUT2D eigenvalue weighted by Crippen LogP contribution is 2.36.